The molecule has 1 aromatic rings. The molecule has 0 bridgehead atoms. The van der Waals surface area contributed by atoms with Gasteiger partial charge in [0.15, 0.2) is 0 Å². The van der Waals surface area contributed by atoms with Crippen molar-refractivity contribution in [1.29, 1.82) is 5.41 Å². The smallest absolute Gasteiger partial charge is 0.414 e. The van der Waals surface area contributed by atoms with Crippen LogP contribution < -0.4 is 21.3 Å². The predicted molar refractivity (Wildman–Crippen MR) is 105 cm³/mol. The zero-order valence-corrected chi connectivity index (χ0v) is 16.7. The largest absolute Gasteiger partial charge is 0.447 e. The summed E-state index contributed by atoms with van der Waals surface area (Å²) in [5.74, 6) is -1.73. The number of carbonyl (C=O) groups is 4. The Hall–Kier alpha value is -2.85. The topological polar surface area (TPSA) is 149 Å². The standard InChI is InChI=1S/C17H19Cl2N5O5/c18-10-2-1-3-11(19)9(10)8-14(26)23-16(20)24-17(28)29-7-6-21-15(27)12-4-5-13(25)22-12/h1-3,12H,4-8H2,(H,21,27)(H,22,25)(H3,20,23,24,26,28)/t12-/m0/s1. The first kappa shape index (κ1) is 22.4. The lowest BCUT2D eigenvalue weighted by Gasteiger charge is -2.12. The van der Waals surface area contributed by atoms with Crippen LogP contribution in [-0.2, 0) is 25.5 Å². The van der Waals surface area contributed by atoms with Crippen molar-refractivity contribution in [2.24, 2.45) is 0 Å². The number of halogens is 2. The fourth-order valence-corrected chi connectivity index (χ4v) is 3.00. The second-order valence-electron chi connectivity index (χ2n) is 6.01. The number of amides is 4. The zero-order chi connectivity index (χ0) is 21.4. The van der Waals surface area contributed by atoms with Crippen LogP contribution in [0.4, 0.5) is 4.79 Å². The van der Waals surface area contributed by atoms with Gasteiger partial charge in [0.25, 0.3) is 0 Å². The molecule has 4 amide bonds. The second kappa shape index (κ2) is 10.6. The molecule has 1 heterocycles. The zero-order valence-electron chi connectivity index (χ0n) is 15.1. The lowest BCUT2D eigenvalue weighted by atomic mass is 10.1. The number of carbonyl (C=O) groups excluding carboxylic acids is 4. The first-order valence-corrected chi connectivity index (χ1v) is 9.34. The van der Waals surface area contributed by atoms with Crippen LogP contribution in [0.5, 0.6) is 0 Å². The summed E-state index contributed by atoms with van der Waals surface area (Å²) >= 11 is 12.0. The molecule has 0 aromatic heterocycles. The summed E-state index contributed by atoms with van der Waals surface area (Å²) in [5.41, 5.74) is 0.401. The van der Waals surface area contributed by atoms with Crippen LogP contribution in [0.15, 0.2) is 18.2 Å². The Morgan fingerprint density at radius 2 is 1.90 bits per heavy atom. The summed E-state index contributed by atoms with van der Waals surface area (Å²) in [5, 5.41) is 17.4. The van der Waals surface area contributed by atoms with Crippen LogP contribution in [-0.4, -0.2) is 49.0 Å². The second-order valence-corrected chi connectivity index (χ2v) is 6.83. The Labute approximate surface area is 176 Å². The lowest BCUT2D eigenvalue weighted by molar-refractivity contribution is -0.125. The van der Waals surface area contributed by atoms with E-state index < -0.39 is 24.0 Å². The maximum atomic E-state index is 12.0. The maximum absolute atomic E-state index is 12.0. The number of benzene rings is 1. The first-order valence-electron chi connectivity index (χ1n) is 8.58. The van der Waals surface area contributed by atoms with Gasteiger partial charge in [-0.3, -0.25) is 30.4 Å². The summed E-state index contributed by atoms with van der Waals surface area (Å²) < 4.78 is 4.80. The Bertz CT molecular complexity index is 812. The average molecular weight is 444 g/mol. The Balaban J connectivity index is 1.64. The lowest BCUT2D eigenvalue weighted by Crippen LogP contribution is -2.45. The van der Waals surface area contributed by atoms with E-state index in [0.29, 0.717) is 28.5 Å². The number of hydrogen-bond acceptors (Lipinski definition) is 6. The van der Waals surface area contributed by atoms with Gasteiger partial charge in [-0.05, 0) is 24.1 Å². The van der Waals surface area contributed by atoms with Crippen LogP contribution in [0.2, 0.25) is 10.0 Å². The third kappa shape index (κ3) is 7.24. The summed E-state index contributed by atoms with van der Waals surface area (Å²) in [6.07, 6.45) is -0.438. The number of hydrogen-bond donors (Lipinski definition) is 5. The van der Waals surface area contributed by atoms with Gasteiger partial charge >= 0.3 is 6.09 Å². The van der Waals surface area contributed by atoms with Crippen LogP contribution >= 0.6 is 23.2 Å². The van der Waals surface area contributed by atoms with E-state index in [4.69, 9.17) is 33.3 Å². The van der Waals surface area contributed by atoms with E-state index in [1.54, 1.807) is 18.2 Å². The molecule has 0 radical (unpaired) electrons. The highest BCUT2D eigenvalue weighted by molar-refractivity contribution is 6.36. The molecule has 12 heteroatoms. The molecule has 29 heavy (non-hydrogen) atoms. The van der Waals surface area contributed by atoms with E-state index in [1.807, 2.05) is 5.32 Å². The summed E-state index contributed by atoms with van der Waals surface area (Å²) in [6.45, 7) is -0.127. The molecule has 1 aliphatic heterocycles. The molecule has 10 nitrogen and oxygen atoms in total. The molecule has 0 aliphatic carbocycles. The highest BCUT2D eigenvalue weighted by atomic mass is 35.5. The van der Waals surface area contributed by atoms with Crippen LogP contribution in [0.25, 0.3) is 0 Å². The van der Waals surface area contributed by atoms with Gasteiger partial charge in [-0.15, -0.1) is 0 Å². The SMILES string of the molecule is N=C(NC(=O)Cc1c(Cl)cccc1Cl)NC(=O)OCCNC(=O)[C@@H]1CCC(=O)N1. The predicted octanol–water partition coefficient (Wildman–Crippen LogP) is 0.708. The highest BCUT2D eigenvalue weighted by Crippen LogP contribution is 2.24. The van der Waals surface area contributed by atoms with Crippen LogP contribution in [0.1, 0.15) is 18.4 Å². The van der Waals surface area contributed by atoms with Gasteiger partial charge in [0.1, 0.15) is 12.6 Å². The van der Waals surface area contributed by atoms with Gasteiger partial charge in [0.2, 0.25) is 23.7 Å². The van der Waals surface area contributed by atoms with Gasteiger partial charge in [0.05, 0.1) is 13.0 Å². The molecule has 1 aliphatic rings. The van der Waals surface area contributed by atoms with E-state index in [9.17, 15) is 19.2 Å². The van der Waals surface area contributed by atoms with E-state index in [1.165, 1.54) is 0 Å². The van der Waals surface area contributed by atoms with Crippen molar-refractivity contribution in [3.05, 3.63) is 33.8 Å². The van der Waals surface area contributed by atoms with Gasteiger partial charge in [-0.25, -0.2) is 4.79 Å². The Morgan fingerprint density at radius 3 is 2.52 bits per heavy atom. The van der Waals surface area contributed by atoms with Gasteiger partial charge < -0.3 is 15.4 Å². The molecule has 0 unspecified atom stereocenters. The van der Waals surface area contributed by atoms with Crippen molar-refractivity contribution in [3.63, 3.8) is 0 Å². The molecule has 2 rings (SSSR count). The van der Waals surface area contributed by atoms with Crippen molar-refractivity contribution >= 4 is 53.0 Å². The maximum Gasteiger partial charge on any atom is 0.414 e. The minimum absolute atomic E-state index is 0.0311. The summed E-state index contributed by atoms with van der Waals surface area (Å²) in [6, 6.07) is 4.22. The molecule has 1 fully saturated rings. The fraction of sp³-hybridized carbons (Fsp3) is 0.353. The highest BCUT2D eigenvalue weighted by Gasteiger charge is 2.26. The molecule has 1 aromatic carbocycles. The average Bonchev–Trinajstić information content (AvgIpc) is 3.08. The van der Waals surface area contributed by atoms with Crippen molar-refractivity contribution in [3.8, 4) is 0 Å². The van der Waals surface area contributed by atoms with E-state index in [0.717, 1.165) is 0 Å². The van der Waals surface area contributed by atoms with Crippen molar-refractivity contribution < 1.29 is 23.9 Å². The van der Waals surface area contributed by atoms with Crippen LogP contribution in [0, 0.1) is 5.41 Å². The normalized spacial score (nSPS) is 15.2. The van der Waals surface area contributed by atoms with E-state index in [2.05, 4.69) is 16.0 Å². The molecule has 156 valence electrons. The molecule has 5 N–H and O–H groups in total. The van der Waals surface area contributed by atoms with Crippen molar-refractivity contribution in [1.82, 2.24) is 21.3 Å². The third-order valence-corrected chi connectivity index (χ3v) is 4.54. The van der Waals surface area contributed by atoms with Gasteiger partial charge in [-0.2, -0.15) is 0 Å². The minimum atomic E-state index is -0.977. The quantitative estimate of drug-likeness (QED) is 0.249. The Morgan fingerprint density at radius 1 is 1.21 bits per heavy atom. The first-order chi connectivity index (χ1) is 13.8. The number of guanidine groups is 1. The fourth-order valence-electron chi connectivity index (χ4n) is 2.47. The molecule has 0 spiro atoms. The molecule has 0 saturated carbocycles. The van der Waals surface area contributed by atoms with Gasteiger partial charge in [-0.1, -0.05) is 29.3 Å². The molecule has 1 atom stereocenters. The molecule has 1 saturated heterocycles. The summed E-state index contributed by atoms with van der Waals surface area (Å²) in [7, 11) is 0. The van der Waals surface area contributed by atoms with E-state index >= 15 is 0 Å². The van der Waals surface area contributed by atoms with Gasteiger partial charge in [0, 0.05) is 16.5 Å². The number of alkyl carbamates (subject to hydrolysis) is 1. The van der Waals surface area contributed by atoms with E-state index in [-0.39, 0.29) is 31.4 Å². The monoisotopic (exact) mass is 443 g/mol. The van der Waals surface area contributed by atoms with Crippen LogP contribution in [0.3, 0.4) is 0 Å². The van der Waals surface area contributed by atoms with Crippen molar-refractivity contribution in [2.45, 2.75) is 25.3 Å². The number of nitrogens with one attached hydrogen (secondary N) is 5. The third-order valence-electron chi connectivity index (χ3n) is 3.84. The van der Waals surface area contributed by atoms with Crippen molar-refractivity contribution in [2.75, 3.05) is 13.2 Å². The number of ether oxygens (including phenoxy) is 1. The molecular weight excluding hydrogens is 425 g/mol. The Kier molecular flexibility index (Phi) is 8.22. The molecular formula is C17H19Cl2N5O5. The minimum Gasteiger partial charge on any atom is -0.447 e. The number of rotatable bonds is 6. The summed E-state index contributed by atoms with van der Waals surface area (Å²) in [4.78, 5) is 46.4.